The maximum atomic E-state index is 6.00. The third kappa shape index (κ3) is 3.72. The van der Waals surface area contributed by atoms with Gasteiger partial charge in [0.25, 0.3) is 0 Å². The SMILES string of the molecule is NC(=NCC1COC2(CCOCC2)O1)Nc1ccccc1. The van der Waals surface area contributed by atoms with Crippen LogP contribution < -0.4 is 11.1 Å². The van der Waals surface area contributed by atoms with Gasteiger partial charge in [-0.25, -0.2) is 0 Å². The van der Waals surface area contributed by atoms with Gasteiger partial charge in [0.15, 0.2) is 11.7 Å². The Morgan fingerprint density at radius 1 is 1.29 bits per heavy atom. The summed E-state index contributed by atoms with van der Waals surface area (Å²) in [4.78, 5) is 4.33. The van der Waals surface area contributed by atoms with Crippen molar-refractivity contribution in [2.24, 2.45) is 10.7 Å². The van der Waals surface area contributed by atoms with Gasteiger partial charge in [0.05, 0.1) is 26.4 Å². The zero-order valence-corrected chi connectivity index (χ0v) is 12.0. The molecular formula is C15H21N3O3. The summed E-state index contributed by atoms with van der Waals surface area (Å²) in [7, 11) is 0. The van der Waals surface area contributed by atoms with Crippen LogP contribution in [0.2, 0.25) is 0 Å². The minimum atomic E-state index is -0.458. The van der Waals surface area contributed by atoms with Crippen LogP contribution in [0.3, 0.4) is 0 Å². The maximum Gasteiger partial charge on any atom is 0.193 e. The van der Waals surface area contributed by atoms with Crippen molar-refractivity contribution in [3.63, 3.8) is 0 Å². The van der Waals surface area contributed by atoms with E-state index in [1.165, 1.54) is 0 Å². The number of hydrogen-bond donors (Lipinski definition) is 2. The number of ether oxygens (including phenoxy) is 3. The van der Waals surface area contributed by atoms with Gasteiger partial charge in [-0.15, -0.1) is 0 Å². The summed E-state index contributed by atoms with van der Waals surface area (Å²) < 4.78 is 17.1. The molecule has 3 rings (SSSR count). The van der Waals surface area contributed by atoms with Crippen molar-refractivity contribution >= 4 is 11.6 Å². The lowest BCUT2D eigenvalue weighted by Gasteiger charge is -2.31. The molecule has 1 spiro atoms. The highest BCUT2D eigenvalue weighted by atomic mass is 16.7. The van der Waals surface area contributed by atoms with Crippen molar-refractivity contribution in [2.45, 2.75) is 24.7 Å². The molecule has 3 N–H and O–H groups in total. The van der Waals surface area contributed by atoms with Crippen LogP contribution in [0.5, 0.6) is 0 Å². The molecule has 21 heavy (non-hydrogen) atoms. The van der Waals surface area contributed by atoms with E-state index in [2.05, 4.69) is 10.3 Å². The van der Waals surface area contributed by atoms with Crippen molar-refractivity contribution in [1.29, 1.82) is 0 Å². The highest BCUT2D eigenvalue weighted by Crippen LogP contribution is 2.33. The first-order valence-corrected chi connectivity index (χ1v) is 7.27. The number of benzene rings is 1. The first-order valence-electron chi connectivity index (χ1n) is 7.27. The lowest BCUT2D eigenvalue weighted by atomic mass is 10.1. The minimum absolute atomic E-state index is 0.0424. The molecule has 6 nitrogen and oxygen atoms in total. The maximum absolute atomic E-state index is 6.00. The molecule has 114 valence electrons. The molecule has 2 saturated heterocycles. The molecule has 2 aliphatic rings. The smallest absolute Gasteiger partial charge is 0.193 e. The predicted octanol–water partition coefficient (Wildman–Crippen LogP) is 1.34. The van der Waals surface area contributed by atoms with E-state index in [4.69, 9.17) is 19.9 Å². The van der Waals surface area contributed by atoms with Gasteiger partial charge in [-0.1, -0.05) is 18.2 Å². The Bertz CT molecular complexity index is 486. The second-order valence-electron chi connectivity index (χ2n) is 5.29. The second kappa shape index (κ2) is 6.43. The third-order valence-corrected chi connectivity index (χ3v) is 3.68. The molecule has 1 atom stereocenters. The Morgan fingerprint density at radius 2 is 2.05 bits per heavy atom. The molecule has 0 amide bonds. The summed E-state index contributed by atoms with van der Waals surface area (Å²) in [6.07, 6.45) is 1.52. The van der Waals surface area contributed by atoms with Gasteiger partial charge in [-0.3, -0.25) is 4.99 Å². The van der Waals surface area contributed by atoms with Crippen molar-refractivity contribution in [3.8, 4) is 0 Å². The third-order valence-electron chi connectivity index (χ3n) is 3.68. The number of nitrogens with two attached hydrogens (primary N) is 1. The van der Waals surface area contributed by atoms with Crippen LogP contribution in [0.4, 0.5) is 5.69 Å². The molecule has 0 aliphatic carbocycles. The van der Waals surface area contributed by atoms with Gasteiger partial charge in [-0.05, 0) is 12.1 Å². The fourth-order valence-electron chi connectivity index (χ4n) is 2.56. The molecule has 6 heteroatoms. The molecular weight excluding hydrogens is 270 g/mol. The van der Waals surface area contributed by atoms with Crippen molar-refractivity contribution in [1.82, 2.24) is 0 Å². The number of rotatable bonds is 3. The molecule has 1 aromatic rings. The molecule has 2 aliphatic heterocycles. The zero-order chi connectivity index (χ0) is 14.5. The van der Waals surface area contributed by atoms with E-state index in [1.807, 2.05) is 30.3 Å². The summed E-state index contributed by atoms with van der Waals surface area (Å²) in [5.74, 6) is -0.0715. The van der Waals surface area contributed by atoms with E-state index >= 15 is 0 Å². The van der Waals surface area contributed by atoms with Crippen LogP contribution in [0.25, 0.3) is 0 Å². The van der Waals surface area contributed by atoms with Crippen LogP contribution >= 0.6 is 0 Å². The number of hydrogen-bond acceptors (Lipinski definition) is 4. The van der Waals surface area contributed by atoms with Gasteiger partial charge in [0.1, 0.15) is 6.10 Å². The molecule has 2 fully saturated rings. The van der Waals surface area contributed by atoms with Crippen LogP contribution in [-0.4, -0.2) is 44.2 Å². The Labute approximate surface area is 124 Å². The molecule has 0 bridgehead atoms. The number of guanidine groups is 1. The fourth-order valence-corrected chi connectivity index (χ4v) is 2.56. The van der Waals surface area contributed by atoms with Gasteiger partial charge < -0.3 is 25.3 Å². The number of nitrogens with zero attached hydrogens (tertiary/aromatic N) is 1. The summed E-state index contributed by atoms with van der Waals surface area (Å²) in [5.41, 5.74) is 6.80. The molecule has 0 aromatic heterocycles. The highest BCUT2D eigenvalue weighted by molar-refractivity contribution is 5.92. The average molecular weight is 291 g/mol. The lowest BCUT2D eigenvalue weighted by molar-refractivity contribution is -0.210. The van der Waals surface area contributed by atoms with Crippen LogP contribution in [0, 0.1) is 0 Å². The number of aliphatic imine (C=N–C) groups is 1. The highest BCUT2D eigenvalue weighted by Gasteiger charge is 2.42. The Kier molecular flexibility index (Phi) is 4.38. The fraction of sp³-hybridized carbons (Fsp3) is 0.533. The monoisotopic (exact) mass is 291 g/mol. The molecule has 0 saturated carbocycles. The van der Waals surface area contributed by atoms with Gasteiger partial charge in [0, 0.05) is 18.5 Å². The summed E-state index contributed by atoms with van der Waals surface area (Å²) in [6.45, 7) is 2.43. The average Bonchev–Trinajstić information content (AvgIpc) is 2.90. The Hall–Kier alpha value is -1.63. The Balaban J connectivity index is 1.50. The van der Waals surface area contributed by atoms with E-state index < -0.39 is 5.79 Å². The van der Waals surface area contributed by atoms with E-state index in [0.29, 0.717) is 32.3 Å². The summed E-state index contributed by atoms with van der Waals surface area (Å²) in [5, 5.41) is 3.05. The predicted molar refractivity (Wildman–Crippen MR) is 80.2 cm³/mol. The molecule has 1 unspecified atom stereocenters. The molecule has 1 aromatic carbocycles. The topological polar surface area (TPSA) is 78.1 Å². The van der Waals surface area contributed by atoms with Gasteiger partial charge in [-0.2, -0.15) is 0 Å². The lowest BCUT2D eigenvalue weighted by Crippen LogP contribution is -2.38. The van der Waals surface area contributed by atoms with Crippen LogP contribution in [0.1, 0.15) is 12.8 Å². The van der Waals surface area contributed by atoms with E-state index in [0.717, 1.165) is 18.5 Å². The van der Waals surface area contributed by atoms with Crippen LogP contribution in [-0.2, 0) is 14.2 Å². The quantitative estimate of drug-likeness (QED) is 0.649. The summed E-state index contributed by atoms with van der Waals surface area (Å²) >= 11 is 0. The molecule has 2 heterocycles. The second-order valence-corrected chi connectivity index (χ2v) is 5.29. The largest absolute Gasteiger partial charge is 0.381 e. The summed E-state index contributed by atoms with van der Waals surface area (Å²) in [6, 6.07) is 9.72. The number of anilines is 1. The van der Waals surface area contributed by atoms with Crippen molar-refractivity contribution in [3.05, 3.63) is 30.3 Å². The van der Waals surface area contributed by atoms with Crippen molar-refractivity contribution < 1.29 is 14.2 Å². The zero-order valence-electron chi connectivity index (χ0n) is 12.0. The normalized spacial score (nSPS) is 25.1. The van der Waals surface area contributed by atoms with Crippen molar-refractivity contribution in [2.75, 3.05) is 31.7 Å². The minimum Gasteiger partial charge on any atom is -0.381 e. The van der Waals surface area contributed by atoms with E-state index in [9.17, 15) is 0 Å². The molecule has 0 radical (unpaired) electrons. The number of para-hydroxylation sites is 1. The van der Waals surface area contributed by atoms with Gasteiger partial charge >= 0.3 is 0 Å². The van der Waals surface area contributed by atoms with Crippen LogP contribution in [0.15, 0.2) is 35.3 Å². The number of nitrogens with one attached hydrogen (secondary N) is 1. The standard InChI is InChI=1S/C15H21N3O3/c16-14(18-12-4-2-1-3-5-12)17-10-13-11-20-15(21-13)6-8-19-9-7-15/h1-5,13H,6-11H2,(H3,16,17,18). The first-order chi connectivity index (χ1) is 10.3. The Morgan fingerprint density at radius 3 is 2.81 bits per heavy atom. The van der Waals surface area contributed by atoms with Gasteiger partial charge in [0.2, 0.25) is 0 Å². The van der Waals surface area contributed by atoms with E-state index in [1.54, 1.807) is 0 Å². The van der Waals surface area contributed by atoms with E-state index in [-0.39, 0.29) is 6.10 Å². The first kappa shape index (κ1) is 14.3.